The number of benzene rings is 2. The van der Waals surface area contributed by atoms with Crippen molar-refractivity contribution < 1.29 is 9.21 Å². The number of nitrogens with zero attached hydrogens (tertiary/aromatic N) is 1. The molecule has 0 bridgehead atoms. The molecular weight excluding hydrogens is 326 g/mol. The van der Waals surface area contributed by atoms with Gasteiger partial charge in [0.15, 0.2) is 5.58 Å². The van der Waals surface area contributed by atoms with E-state index in [1.807, 2.05) is 12.1 Å². The third-order valence-electron chi connectivity index (χ3n) is 4.76. The van der Waals surface area contributed by atoms with E-state index in [1.54, 1.807) is 31.2 Å². The summed E-state index contributed by atoms with van der Waals surface area (Å²) >= 11 is 6.17. The van der Waals surface area contributed by atoms with Gasteiger partial charge in [0.05, 0.1) is 15.8 Å². The van der Waals surface area contributed by atoms with Crippen LogP contribution in [0.25, 0.3) is 21.9 Å². The van der Waals surface area contributed by atoms with E-state index in [0.717, 1.165) is 18.7 Å². The van der Waals surface area contributed by atoms with Crippen molar-refractivity contribution in [3.63, 3.8) is 0 Å². The first-order valence-corrected chi connectivity index (χ1v) is 8.33. The SMILES string of the molecule is CC(=O)C1CCN(c2ccc3c(=O)c4cccc(Cl)c4oc3c2)C1. The molecule has 0 radical (unpaired) electrons. The molecule has 1 saturated heterocycles. The van der Waals surface area contributed by atoms with Crippen LogP contribution in [-0.4, -0.2) is 18.9 Å². The lowest BCUT2D eigenvalue weighted by Crippen LogP contribution is -2.21. The number of halogens is 1. The highest BCUT2D eigenvalue weighted by Gasteiger charge is 2.26. The zero-order valence-electron chi connectivity index (χ0n) is 13.2. The largest absolute Gasteiger partial charge is 0.454 e. The predicted octanol–water partition coefficient (Wildman–Crippen LogP) is 4.01. The maximum absolute atomic E-state index is 12.6. The number of hydrogen-bond donors (Lipinski definition) is 0. The second-order valence-electron chi connectivity index (χ2n) is 6.27. The molecule has 1 fully saturated rings. The summed E-state index contributed by atoms with van der Waals surface area (Å²) in [6.45, 7) is 3.18. The first-order chi connectivity index (χ1) is 11.5. The minimum absolute atomic E-state index is 0.0802. The third kappa shape index (κ3) is 2.38. The van der Waals surface area contributed by atoms with Crippen molar-refractivity contribution in [1.82, 2.24) is 0 Å². The number of fused-ring (bicyclic) bond motifs is 2. The van der Waals surface area contributed by atoms with E-state index in [-0.39, 0.29) is 17.1 Å². The maximum atomic E-state index is 12.6. The number of ketones is 1. The van der Waals surface area contributed by atoms with Gasteiger partial charge >= 0.3 is 0 Å². The van der Waals surface area contributed by atoms with Crippen LogP contribution in [0.4, 0.5) is 5.69 Å². The van der Waals surface area contributed by atoms with Crippen molar-refractivity contribution in [1.29, 1.82) is 0 Å². The summed E-state index contributed by atoms with van der Waals surface area (Å²) in [4.78, 5) is 26.4. The molecule has 122 valence electrons. The van der Waals surface area contributed by atoms with Gasteiger partial charge in [0.1, 0.15) is 11.4 Å². The topological polar surface area (TPSA) is 50.5 Å². The number of para-hydroxylation sites is 1. The highest BCUT2D eigenvalue weighted by Crippen LogP contribution is 2.30. The van der Waals surface area contributed by atoms with Crippen LogP contribution in [0.1, 0.15) is 13.3 Å². The lowest BCUT2D eigenvalue weighted by Gasteiger charge is -2.18. The van der Waals surface area contributed by atoms with Gasteiger partial charge in [-0.05, 0) is 37.6 Å². The van der Waals surface area contributed by atoms with Gasteiger partial charge in [-0.3, -0.25) is 9.59 Å². The first-order valence-electron chi connectivity index (χ1n) is 7.95. The van der Waals surface area contributed by atoms with Gasteiger partial charge in [-0.25, -0.2) is 0 Å². The summed E-state index contributed by atoms with van der Waals surface area (Å²) in [5, 5.41) is 1.45. The molecule has 3 aromatic rings. The maximum Gasteiger partial charge on any atom is 0.200 e. The third-order valence-corrected chi connectivity index (χ3v) is 5.06. The quantitative estimate of drug-likeness (QED) is 0.661. The molecule has 2 heterocycles. The Balaban J connectivity index is 1.84. The Morgan fingerprint density at radius 2 is 2.08 bits per heavy atom. The normalized spacial score (nSPS) is 17.8. The van der Waals surface area contributed by atoms with Crippen LogP contribution in [0, 0.1) is 5.92 Å². The minimum Gasteiger partial charge on any atom is -0.454 e. The molecule has 1 aliphatic heterocycles. The summed E-state index contributed by atoms with van der Waals surface area (Å²) in [5.74, 6) is 0.307. The van der Waals surface area contributed by atoms with E-state index in [1.165, 1.54) is 0 Å². The minimum atomic E-state index is -0.0802. The van der Waals surface area contributed by atoms with Gasteiger partial charge < -0.3 is 9.32 Å². The second-order valence-corrected chi connectivity index (χ2v) is 6.68. The van der Waals surface area contributed by atoms with E-state index in [9.17, 15) is 9.59 Å². The Morgan fingerprint density at radius 3 is 2.83 bits per heavy atom. The highest BCUT2D eigenvalue weighted by atomic mass is 35.5. The van der Waals surface area contributed by atoms with Crippen LogP contribution in [-0.2, 0) is 4.79 Å². The van der Waals surface area contributed by atoms with Gasteiger partial charge in [-0.2, -0.15) is 0 Å². The van der Waals surface area contributed by atoms with Crippen LogP contribution in [0.5, 0.6) is 0 Å². The first kappa shape index (κ1) is 15.2. The van der Waals surface area contributed by atoms with Crippen molar-refractivity contribution in [2.24, 2.45) is 5.92 Å². The molecule has 0 spiro atoms. The van der Waals surface area contributed by atoms with Crippen LogP contribution < -0.4 is 10.3 Å². The molecule has 1 unspecified atom stereocenters. The Labute approximate surface area is 143 Å². The Hall–Kier alpha value is -2.33. The van der Waals surface area contributed by atoms with Crippen molar-refractivity contribution in [2.45, 2.75) is 13.3 Å². The van der Waals surface area contributed by atoms with Gasteiger partial charge in [0.25, 0.3) is 0 Å². The Bertz CT molecular complexity index is 1020. The molecule has 0 aliphatic carbocycles. The van der Waals surface area contributed by atoms with E-state index >= 15 is 0 Å². The van der Waals surface area contributed by atoms with Crippen LogP contribution in [0.3, 0.4) is 0 Å². The zero-order chi connectivity index (χ0) is 16.8. The van der Waals surface area contributed by atoms with Gasteiger partial charge in [0, 0.05) is 30.8 Å². The lowest BCUT2D eigenvalue weighted by molar-refractivity contribution is -0.120. The molecular formula is C19H16ClNO3. The number of Topliss-reactive ketones (excluding diaryl/α,β-unsaturated/α-hetero) is 1. The molecule has 1 aliphatic rings. The molecule has 1 atom stereocenters. The monoisotopic (exact) mass is 341 g/mol. The molecule has 4 nitrogen and oxygen atoms in total. The molecule has 0 saturated carbocycles. The molecule has 0 amide bonds. The summed E-state index contributed by atoms with van der Waals surface area (Å²) in [6, 6.07) is 10.7. The summed E-state index contributed by atoms with van der Waals surface area (Å²) < 4.78 is 5.91. The lowest BCUT2D eigenvalue weighted by atomic mass is 10.1. The zero-order valence-corrected chi connectivity index (χ0v) is 14.0. The number of hydrogen-bond acceptors (Lipinski definition) is 4. The van der Waals surface area contributed by atoms with Crippen molar-refractivity contribution in [2.75, 3.05) is 18.0 Å². The number of anilines is 1. The van der Waals surface area contributed by atoms with Gasteiger partial charge in [-0.1, -0.05) is 17.7 Å². The summed E-state index contributed by atoms with van der Waals surface area (Å²) in [5.41, 5.74) is 1.81. The fraction of sp³-hybridized carbons (Fsp3) is 0.263. The Kier molecular flexibility index (Phi) is 3.57. The van der Waals surface area contributed by atoms with Crippen molar-refractivity contribution in [3.05, 3.63) is 51.6 Å². The summed E-state index contributed by atoms with van der Waals surface area (Å²) in [7, 11) is 0. The van der Waals surface area contributed by atoms with E-state index in [4.69, 9.17) is 16.0 Å². The van der Waals surface area contributed by atoms with Crippen molar-refractivity contribution in [3.8, 4) is 0 Å². The average Bonchev–Trinajstić information content (AvgIpc) is 3.06. The number of carbonyl (C=O) groups is 1. The molecule has 24 heavy (non-hydrogen) atoms. The highest BCUT2D eigenvalue weighted by molar-refractivity contribution is 6.34. The molecule has 2 aromatic carbocycles. The standard InChI is InChI=1S/C19H16ClNO3/c1-11(22)12-7-8-21(10-12)13-5-6-14-17(9-13)24-19-15(18(14)23)3-2-4-16(19)20/h2-6,9,12H,7-8,10H2,1H3. The fourth-order valence-electron chi connectivity index (χ4n) is 3.35. The molecule has 5 heteroatoms. The van der Waals surface area contributed by atoms with E-state index in [2.05, 4.69) is 4.90 Å². The van der Waals surface area contributed by atoms with E-state index in [0.29, 0.717) is 33.5 Å². The number of rotatable bonds is 2. The molecule has 4 rings (SSSR count). The smallest absolute Gasteiger partial charge is 0.200 e. The second kappa shape index (κ2) is 5.64. The predicted molar refractivity (Wildman–Crippen MR) is 96.0 cm³/mol. The molecule has 1 aromatic heterocycles. The van der Waals surface area contributed by atoms with Gasteiger partial charge in [-0.15, -0.1) is 0 Å². The van der Waals surface area contributed by atoms with Gasteiger partial charge in [0.2, 0.25) is 5.43 Å². The van der Waals surface area contributed by atoms with Crippen LogP contribution >= 0.6 is 11.6 Å². The van der Waals surface area contributed by atoms with E-state index < -0.39 is 0 Å². The van der Waals surface area contributed by atoms with Crippen molar-refractivity contribution >= 4 is 45.0 Å². The van der Waals surface area contributed by atoms with Crippen LogP contribution in [0.2, 0.25) is 5.02 Å². The average molecular weight is 342 g/mol. The summed E-state index contributed by atoms with van der Waals surface area (Å²) in [6.07, 6.45) is 0.862. The molecule has 0 N–H and O–H groups in total. The fourth-order valence-corrected chi connectivity index (χ4v) is 3.57. The Morgan fingerprint density at radius 1 is 1.25 bits per heavy atom. The van der Waals surface area contributed by atoms with Crippen LogP contribution in [0.15, 0.2) is 45.6 Å². The number of carbonyl (C=O) groups excluding carboxylic acids is 1.